The molecular formula is C19H21N5O2S. The van der Waals surface area contributed by atoms with E-state index in [9.17, 15) is 8.42 Å². The minimum absolute atomic E-state index is 0.0201. The first-order valence-electron chi connectivity index (χ1n) is 8.74. The van der Waals surface area contributed by atoms with Crippen molar-refractivity contribution < 1.29 is 8.42 Å². The van der Waals surface area contributed by atoms with Crippen LogP contribution in [0.3, 0.4) is 0 Å². The van der Waals surface area contributed by atoms with Gasteiger partial charge in [-0.05, 0) is 17.7 Å². The van der Waals surface area contributed by atoms with Crippen molar-refractivity contribution in [2.75, 3.05) is 18.4 Å². The molecule has 2 atom stereocenters. The summed E-state index contributed by atoms with van der Waals surface area (Å²) in [6, 6.07) is 15.5. The first kappa shape index (κ1) is 17.7. The second kappa shape index (κ2) is 7.13. The predicted octanol–water partition coefficient (Wildman–Crippen LogP) is 2.08. The smallest absolute Gasteiger partial charge is 0.262 e. The number of aryl methyl sites for hydroxylation is 1. The first-order chi connectivity index (χ1) is 13.0. The molecule has 3 heterocycles. The van der Waals surface area contributed by atoms with Crippen LogP contribution in [0, 0.1) is 0 Å². The zero-order chi connectivity index (χ0) is 18.9. The summed E-state index contributed by atoms with van der Waals surface area (Å²) in [4.78, 5) is 8.36. The Balaban J connectivity index is 1.64. The van der Waals surface area contributed by atoms with Crippen LogP contribution in [0.5, 0.6) is 0 Å². The second-order valence-electron chi connectivity index (χ2n) is 6.68. The third-order valence-electron chi connectivity index (χ3n) is 4.80. The molecule has 8 heteroatoms. The van der Waals surface area contributed by atoms with Crippen LogP contribution in [0.25, 0.3) is 0 Å². The standard InChI is InChI=1S/C19H21N5O2S/c1-23-13-19(21-14-23)27(25,26)24-11-16(15-7-3-2-4-8-15)17(12-24)22-18-9-5-6-10-20-18/h2-10,13-14,16-17H,11-12H2,1H3,(H,20,22). The number of hydrogen-bond donors (Lipinski definition) is 1. The lowest BCUT2D eigenvalue weighted by atomic mass is 9.94. The Hall–Kier alpha value is -2.71. The lowest BCUT2D eigenvalue weighted by Crippen LogP contribution is -2.32. The van der Waals surface area contributed by atoms with Crippen molar-refractivity contribution in [3.63, 3.8) is 0 Å². The van der Waals surface area contributed by atoms with Gasteiger partial charge in [0.25, 0.3) is 10.0 Å². The zero-order valence-corrected chi connectivity index (χ0v) is 15.7. The van der Waals surface area contributed by atoms with Crippen molar-refractivity contribution in [1.82, 2.24) is 18.8 Å². The lowest BCUT2D eigenvalue weighted by molar-refractivity contribution is 0.468. The van der Waals surface area contributed by atoms with Crippen LogP contribution in [-0.4, -0.2) is 46.4 Å². The van der Waals surface area contributed by atoms with Crippen LogP contribution >= 0.6 is 0 Å². The van der Waals surface area contributed by atoms with Crippen LogP contribution in [0.4, 0.5) is 5.82 Å². The monoisotopic (exact) mass is 383 g/mol. The van der Waals surface area contributed by atoms with Crippen molar-refractivity contribution >= 4 is 15.8 Å². The van der Waals surface area contributed by atoms with Gasteiger partial charge in [0.05, 0.1) is 6.33 Å². The second-order valence-corrected chi connectivity index (χ2v) is 8.57. The van der Waals surface area contributed by atoms with E-state index in [1.54, 1.807) is 17.8 Å². The molecule has 7 nitrogen and oxygen atoms in total. The average Bonchev–Trinajstić information content (AvgIpc) is 3.31. The number of sulfonamides is 1. The molecule has 1 N–H and O–H groups in total. The number of hydrogen-bond acceptors (Lipinski definition) is 5. The van der Waals surface area contributed by atoms with Gasteiger partial charge in [0.15, 0.2) is 5.03 Å². The zero-order valence-electron chi connectivity index (χ0n) is 14.9. The van der Waals surface area contributed by atoms with E-state index in [2.05, 4.69) is 15.3 Å². The number of pyridine rings is 1. The predicted molar refractivity (Wildman–Crippen MR) is 103 cm³/mol. The summed E-state index contributed by atoms with van der Waals surface area (Å²) < 4.78 is 29.2. The van der Waals surface area contributed by atoms with Gasteiger partial charge >= 0.3 is 0 Å². The molecule has 0 aliphatic carbocycles. The third-order valence-corrected chi connectivity index (χ3v) is 6.52. The molecule has 0 amide bonds. The molecule has 1 fully saturated rings. The Kier molecular flexibility index (Phi) is 4.67. The highest BCUT2D eigenvalue weighted by Crippen LogP contribution is 2.32. The summed E-state index contributed by atoms with van der Waals surface area (Å²) in [6.07, 6.45) is 4.75. The maximum atomic E-state index is 13.0. The van der Waals surface area contributed by atoms with E-state index in [1.807, 2.05) is 48.5 Å². The Morgan fingerprint density at radius 1 is 1.04 bits per heavy atom. The number of aromatic nitrogens is 3. The van der Waals surface area contributed by atoms with Crippen LogP contribution < -0.4 is 5.32 Å². The van der Waals surface area contributed by atoms with Gasteiger partial charge in [0.1, 0.15) is 5.82 Å². The molecule has 2 unspecified atom stereocenters. The fourth-order valence-corrected chi connectivity index (χ4v) is 4.90. The van der Waals surface area contributed by atoms with E-state index >= 15 is 0 Å². The molecule has 3 aromatic rings. The molecule has 0 bridgehead atoms. The fraction of sp³-hybridized carbons (Fsp3) is 0.263. The molecule has 1 aliphatic heterocycles. The molecule has 1 aromatic carbocycles. The van der Waals surface area contributed by atoms with E-state index in [-0.39, 0.29) is 17.0 Å². The summed E-state index contributed by atoms with van der Waals surface area (Å²) in [6.45, 7) is 0.752. The highest BCUT2D eigenvalue weighted by molar-refractivity contribution is 7.89. The van der Waals surface area contributed by atoms with Crippen LogP contribution in [0.15, 0.2) is 72.3 Å². The maximum absolute atomic E-state index is 13.0. The summed E-state index contributed by atoms with van der Waals surface area (Å²) in [7, 11) is -1.88. The summed E-state index contributed by atoms with van der Waals surface area (Å²) >= 11 is 0. The first-order valence-corrected chi connectivity index (χ1v) is 10.2. The molecule has 2 aromatic heterocycles. The van der Waals surface area contributed by atoms with Gasteiger partial charge < -0.3 is 9.88 Å². The molecule has 0 spiro atoms. The Labute approximate surface area is 158 Å². The quantitative estimate of drug-likeness (QED) is 0.730. The normalized spacial score (nSPS) is 20.6. The number of benzene rings is 1. The van der Waals surface area contributed by atoms with E-state index in [0.717, 1.165) is 11.4 Å². The van der Waals surface area contributed by atoms with Gasteiger partial charge in [-0.2, -0.15) is 4.31 Å². The molecule has 140 valence electrons. The van der Waals surface area contributed by atoms with Gasteiger partial charge in [-0.25, -0.2) is 18.4 Å². The van der Waals surface area contributed by atoms with E-state index in [4.69, 9.17) is 0 Å². The van der Waals surface area contributed by atoms with Crippen molar-refractivity contribution in [3.8, 4) is 0 Å². The molecule has 27 heavy (non-hydrogen) atoms. The Morgan fingerprint density at radius 2 is 1.81 bits per heavy atom. The molecule has 1 saturated heterocycles. The number of anilines is 1. The fourth-order valence-electron chi connectivity index (χ4n) is 3.44. The topological polar surface area (TPSA) is 80.1 Å². The lowest BCUT2D eigenvalue weighted by Gasteiger charge is -2.20. The maximum Gasteiger partial charge on any atom is 0.262 e. The third kappa shape index (κ3) is 3.58. The number of nitrogens with one attached hydrogen (secondary N) is 1. The minimum Gasteiger partial charge on any atom is -0.365 e. The molecule has 0 radical (unpaired) electrons. The largest absolute Gasteiger partial charge is 0.365 e. The van der Waals surface area contributed by atoms with Crippen molar-refractivity contribution in [1.29, 1.82) is 0 Å². The highest BCUT2D eigenvalue weighted by Gasteiger charge is 2.41. The van der Waals surface area contributed by atoms with Crippen LogP contribution in [0.1, 0.15) is 11.5 Å². The van der Waals surface area contributed by atoms with Crippen molar-refractivity contribution in [2.24, 2.45) is 7.05 Å². The minimum atomic E-state index is -3.64. The van der Waals surface area contributed by atoms with E-state index < -0.39 is 10.0 Å². The number of imidazole rings is 1. The highest BCUT2D eigenvalue weighted by atomic mass is 32.2. The molecular weight excluding hydrogens is 362 g/mol. The van der Waals surface area contributed by atoms with Crippen LogP contribution in [-0.2, 0) is 17.1 Å². The Bertz CT molecular complexity index is 1000. The van der Waals surface area contributed by atoms with Gasteiger partial charge in [-0.15, -0.1) is 0 Å². The van der Waals surface area contributed by atoms with Crippen molar-refractivity contribution in [3.05, 3.63) is 72.8 Å². The summed E-state index contributed by atoms with van der Waals surface area (Å²) in [5.41, 5.74) is 1.10. The van der Waals surface area contributed by atoms with Crippen LogP contribution in [0.2, 0.25) is 0 Å². The SMILES string of the molecule is Cn1cnc(S(=O)(=O)N2CC(Nc3ccccn3)C(c3ccccc3)C2)c1. The molecule has 4 rings (SSSR count). The average molecular weight is 383 g/mol. The van der Waals surface area contributed by atoms with Crippen molar-refractivity contribution in [2.45, 2.75) is 17.0 Å². The summed E-state index contributed by atoms with van der Waals surface area (Å²) in [5.74, 6) is 0.757. The molecule has 0 saturated carbocycles. The van der Waals surface area contributed by atoms with Gasteiger partial charge in [-0.1, -0.05) is 36.4 Å². The Morgan fingerprint density at radius 3 is 2.48 bits per heavy atom. The summed E-state index contributed by atoms with van der Waals surface area (Å²) in [5, 5.41) is 3.48. The number of rotatable bonds is 5. The van der Waals surface area contributed by atoms with Gasteiger partial charge in [0, 0.05) is 44.5 Å². The van der Waals surface area contributed by atoms with Gasteiger partial charge in [0.2, 0.25) is 0 Å². The van der Waals surface area contributed by atoms with E-state index in [0.29, 0.717) is 13.1 Å². The van der Waals surface area contributed by atoms with Gasteiger partial charge in [-0.3, -0.25) is 0 Å². The molecule has 1 aliphatic rings. The van der Waals surface area contributed by atoms with E-state index in [1.165, 1.54) is 16.8 Å². The number of nitrogens with zero attached hydrogens (tertiary/aromatic N) is 4.